The van der Waals surface area contributed by atoms with Crippen LogP contribution in [0.1, 0.15) is 31.4 Å². The molecule has 0 spiro atoms. The second-order valence-electron chi connectivity index (χ2n) is 6.31. The fraction of sp³-hybridized carbons (Fsp3) is 0.421. The quantitative estimate of drug-likeness (QED) is 0.906. The summed E-state index contributed by atoms with van der Waals surface area (Å²) in [7, 11) is 1.65. The number of methoxy groups -OCH3 is 1. The Balaban J connectivity index is 1.52. The molecule has 0 bridgehead atoms. The zero-order valence-electron chi connectivity index (χ0n) is 14.7. The Kier molecular flexibility index (Phi) is 5.48. The number of ether oxygens (including phenoxy) is 1. The third kappa shape index (κ3) is 4.26. The fourth-order valence-corrected chi connectivity index (χ4v) is 3.10. The first-order valence-electron chi connectivity index (χ1n) is 8.63. The molecule has 6 nitrogen and oxygen atoms in total. The van der Waals surface area contributed by atoms with Gasteiger partial charge in [-0.25, -0.2) is 9.97 Å². The van der Waals surface area contributed by atoms with Gasteiger partial charge < -0.3 is 15.0 Å². The molecule has 1 saturated heterocycles. The number of piperidine rings is 1. The maximum atomic E-state index is 12.6. The number of nitrogens with zero attached hydrogens (tertiary/aromatic N) is 3. The molecule has 1 aliphatic heterocycles. The molecule has 132 valence electrons. The topological polar surface area (TPSA) is 67.3 Å². The fourth-order valence-electron chi connectivity index (χ4n) is 3.10. The summed E-state index contributed by atoms with van der Waals surface area (Å²) in [5, 5.41) is 3.13. The molecular weight excluding hydrogens is 316 g/mol. The van der Waals surface area contributed by atoms with Gasteiger partial charge >= 0.3 is 0 Å². The number of anilines is 1. The van der Waals surface area contributed by atoms with Gasteiger partial charge in [0.1, 0.15) is 5.75 Å². The van der Waals surface area contributed by atoms with E-state index in [0.717, 1.165) is 43.2 Å². The standard InChI is InChI=1S/C19H24N4O2/c1-14(15-4-6-17(25-2)7-5-15)22-18(24)16-8-12-23(13-9-16)19-20-10-3-11-21-19/h3-7,10-11,14,16H,8-9,12-13H2,1-2H3,(H,22,24). The highest BCUT2D eigenvalue weighted by molar-refractivity contribution is 5.79. The third-order valence-electron chi connectivity index (χ3n) is 4.68. The largest absolute Gasteiger partial charge is 0.497 e. The molecule has 0 saturated carbocycles. The Labute approximate surface area is 148 Å². The van der Waals surface area contributed by atoms with Crippen LogP contribution in [0.5, 0.6) is 5.75 Å². The minimum absolute atomic E-state index is 0.0195. The van der Waals surface area contributed by atoms with Crippen LogP contribution in [0.2, 0.25) is 0 Å². The Hall–Kier alpha value is -2.63. The van der Waals surface area contributed by atoms with E-state index < -0.39 is 0 Å². The normalized spacial score (nSPS) is 16.3. The van der Waals surface area contributed by atoms with Crippen molar-refractivity contribution in [1.82, 2.24) is 15.3 Å². The molecule has 1 fully saturated rings. The molecule has 0 aliphatic carbocycles. The van der Waals surface area contributed by atoms with Crippen LogP contribution >= 0.6 is 0 Å². The minimum atomic E-state index is -0.0195. The van der Waals surface area contributed by atoms with E-state index in [4.69, 9.17) is 4.74 Å². The van der Waals surface area contributed by atoms with Crippen molar-refractivity contribution in [3.63, 3.8) is 0 Å². The lowest BCUT2D eigenvalue weighted by molar-refractivity contribution is -0.126. The summed E-state index contributed by atoms with van der Waals surface area (Å²) < 4.78 is 5.17. The molecule has 1 atom stereocenters. The number of carbonyl (C=O) groups excluding carboxylic acids is 1. The SMILES string of the molecule is COc1ccc(C(C)NC(=O)C2CCN(c3ncccn3)CC2)cc1. The summed E-state index contributed by atoms with van der Waals surface area (Å²) in [5.41, 5.74) is 1.07. The first-order valence-corrected chi connectivity index (χ1v) is 8.63. The van der Waals surface area contributed by atoms with Crippen molar-refractivity contribution in [2.45, 2.75) is 25.8 Å². The molecule has 25 heavy (non-hydrogen) atoms. The Bertz CT molecular complexity index is 682. The highest BCUT2D eigenvalue weighted by Crippen LogP contribution is 2.22. The molecule has 1 unspecified atom stereocenters. The second kappa shape index (κ2) is 7.96. The molecule has 1 N–H and O–H groups in total. The van der Waals surface area contributed by atoms with Gasteiger partial charge in [0.05, 0.1) is 13.2 Å². The first kappa shape index (κ1) is 17.2. The molecule has 0 radical (unpaired) electrons. The van der Waals surface area contributed by atoms with Crippen molar-refractivity contribution < 1.29 is 9.53 Å². The number of rotatable bonds is 5. The van der Waals surface area contributed by atoms with Crippen LogP contribution in [-0.4, -0.2) is 36.1 Å². The maximum absolute atomic E-state index is 12.6. The zero-order chi connectivity index (χ0) is 17.6. The number of hydrogen-bond acceptors (Lipinski definition) is 5. The maximum Gasteiger partial charge on any atom is 0.225 e. The highest BCUT2D eigenvalue weighted by atomic mass is 16.5. The van der Waals surface area contributed by atoms with Crippen LogP contribution in [0.4, 0.5) is 5.95 Å². The van der Waals surface area contributed by atoms with Gasteiger partial charge in [-0.2, -0.15) is 0 Å². The molecule has 1 aromatic heterocycles. The molecule has 3 rings (SSSR count). The molecule has 2 heterocycles. The van der Waals surface area contributed by atoms with Crippen molar-refractivity contribution in [2.24, 2.45) is 5.92 Å². The van der Waals surface area contributed by atoms with Gasteiger partial charge in [-0.1, -0.05) is 12.1 Å². The average Bonchev–Trinajstić information content (AvgIpc) is 2.68. The molecule has 6 heteroatoms. The van der Waals surface area contributed by atoms with Gasteiger partial charge in [-0.15, -0.1) is 0 Å². The minimum Gasteiger partial charge on any atom is -0.497 e. The average molecular weight is 340 g/mol. The second-order valence-corrected chi connectivity index (χ2v) is 6.31. The Morgan fingerprint density at radius 3 is 2.44 bits per heavy atom. The highest BCUT2D eigenvalue weighted by Gasteiger charge is 2.26. The number of nitrogens with one attached hydrogen (secondary N) is 1. The van der Waals surface area contributed by atoms with Crippen molar-refractivity contribution in [1.29, 1.82) is 0 Å². The summed E-state index contributed by atoms with van der Waals surface area (Å²) in [6, 6.07) is 9.59. The van der Waals surface area contributed by atoms with E-state index in [1.165, 1.54) is 0 Å². The summed E-state index contributed by atoms with van der Waals surface area (Å²) >= 11 is 0. The summed E-state index contributed by atoms with van der Waals surface area (Å²) in [6.45, 7) is 3.62. The smallest absolute Gasteiger partial charge is 0.225 e. The molecule has 1 aromatic carbocycles. The van der Waals surface area contributed by atoms with Gasteiger partial charge in [-0.05, 0) is 43.5 Å². The first-order chi connectivity index (χ1) is 12.2. The van der Waals surface area contributed by atoms with Crippen molar-refractivity contribution >= 4 is 11.9 Å². The van der Waals surface area contributed by atoms with E-state index in [1.807, 2.05) is 37.3 Å². The predicted octanol–water partition coefficient (Wildman–Crippen LogP) is 2.58. The Morgan fingerprint density at radius 1 is 1.20 bits per heavy atom. The van der Waals surface area contributed by atoms with E-state index in [0.29, 0.717) is 0 Å². The number of aromatic nitrogens is 2. The van der Waals surface area contributed by atoms with Crippen molar-refractivity contribution in [3.05, 3.63) is 48.3 Å². The van der Waals surface area contributed by atoms with E-state index in [1.54, 1.807) is 19.5 Å². The number of amides is 1. The van der Waals surface area contributed by atoms with Gasteiger partial charge in [0.2, 0.25) is 11.9 Å². The molecule has 1 aliphatic rings. The summed E-state index contributed by atoms with van der Waals surface area (Å²) in [5.74, 6) is 1.73. The van der Waals surface area contributed by atoms with E-state index in [9.17, 15) is 4.79 Å². The van der Waals surface area contributed by atoms with Gasteiger partial charge in [-0.3, -0.25) is 4.79 Å². The lowest BCUT2D eigenvalue weighted by Gasteiger charge is -2.31. The van der Waals surface area contributed by atoms with E-state index in [2.05, 4.69) is 20.2 Å². The zero-order valence-corrected chi connectivity index (χ0v) is 14.7. The lowest BCUT2D eigenvalue weighted by atomic mass is 9.95. The van der Waals surface area contributed by atoms with Gasteiger partial charge in [0.25, 0.3) is 0 Å². The molecule has 1 amide bonds. The van der Waals surface area contributed by atoms with Crippen molar-refractivity contribution in [2.75, 3.05) is 25.1 Å². The summed E-state index contributed by atoms with van der Waals surface area (Å²) in [4.78, 5) is 23.3. The van der Waals surface area contributed by atoms with E-state index in [-0.39, 0.29) is 17.9 Å². The van der Waals surface area contributed by atoms with Crippen LogP contribution in [-0.2, 0) is 4.79 Å². The van der Waals surface area contributed by atoms with Gasteiger partial charge in [0.15, 0.2) is 0 Å². The summed E-state index contributed by atoms with van der Waals surface area (Å²) in [6.07, 6.45) is 5.13. The molecular formula is C19H24N4O2. The van der Waals surface area contributed by atoms with Crippen LogP contribution < -0.4 is 15.0 Å². The monoisotopic (exact) mass is 340 g/mol. The van der Waals surface area contributed by atoms with E-state index >= 15 is 0 Å². The predicted molar refractivity (Wildman–Crippen MR) is 96.5 cm³/mol. The van der Waals surface area contributed by atoms with Crippen LogP contribution in [0.15, 0.2) is 42.7 Å². The van der Waals surface area contributed by atoms with Crippen LogP contribution in [0.3, 0.4) is 0 Å². The van der Waals surface area contributed by atoms with Gasteiger partial charge in [0, 0.05) is 31.4 Å². The van der Waals surface area contributed by atoms with Crippen LogP contribution in [0, 0.1) is 5.92 Å². The lowest BCUT2D eigenvalue weighted by Crippen LogP contribution is -2.41. The van der Waals surface area contributed by atoms with Crippen molar-refractivity contribution in [3.8, 4) is 5.75 Å². The van der Waals surface area contributed by atoms with Crippen LogP contribution in [0.25, 0.3) is 0 Å². The molecule has 2 aromatic rings. The number of carbonyl (C=O) groups is 1. The Morgan fingerprint density at radius 2 is 1.84 bits per heavy atom. The number of benzene rings is 1. The number of hydrogen-bond donors (Lipinski definition) is 1. The third-order valence-corrected chi connectivity index (χ3v) is 4.68.